The van der Waals surface area contributed by atoms with Crippen molar-refractivity contribution in [3.63, 3.8) is 0 Å². The van der Waals surface area contributed by atoms with Gasteiger partial charge in [0.15, 0.2) is 0 Å². The van der Waals surface area contributed by atoms with Gasteiger partial charge in [-0.15, -0.1) is 0 Å². The van der Waals surface area contributed by atoms with Crippen molar-refractivity contribution in [1.29, 1.82) is 0 Å². The molecule has 2 fully saturated rings. The molecule has 1 atom stereocenters. The van der Waals surface area contributed by atoms with Crippen molar-refractivity contribution in [3.05, 3.63) is 41.4 Å². The first-order valence-corrected chi connectivity index (χ1v) is 12.1. The van der Waals surface area contributed by atoms with Gasteiger partial charge in [0.25, 0.3) is 0 Å². The molecule has 31 heavy (non-hydrogen) atoms. The highest BCUT2D eigenvalue weighted by molar-refractivity contribution is 7.89. The zero-order valence-corrected chi connectivity index (χ0v) is 18.5. The average Bonchev–Trinajstić information content (AvgIpc) is 2.76. The van der Waals surface area contributed by atoms with E-state index in [4.69, 9.17) is 16.3 Å². The van der Waals surface area contributed by atoms with Gasteiger partial charge in [-0.3, -0.25) is 9.59 Å². The van der Waals surface area contributed by atoms with Crippen molar-refractivity contribution in [2.45, 2.75) is 23.8 Å². The molecule has 0 aliphatic carbocycles. The van der Waals surface area contributed by atoms with Gasteiger partial charge in [-0.25, -0.2) is 8.42 Å². The predicted molar refractivity (Wildman–Crippen MR) is 116 cm³/mol. The monoisotopic (exact) mass is 465 g/mol. The Morgan fingerprint density at radius 3 is 2.58 bits per heavy atom. The maximum atomic E-state index is 12.9. The van der Waals surface area contributed by atoms with E-state index in [2.05, 4.69) is 4.72 Å². The lowest BCUT2D eigenvalue weighted by Crippen LogP contribution is -2.55. The molecular weight excluding hydrogens is 442 g/mol. The van der Waals surface area contributed by atoms with E-state index >= 15 is 0 Å². The molecule has 0 bridgehead atoms. The van der Waals surface area contributed by atoms with Crippen molar-refractivity contribution >= 4 is 44.2 Å². The number of hydrogen-bond donors (Lipinski definition) is 1. The van der Waals surface area contributed by atoms with Crippen LogP contribution in [0.15, 0.2) is 41.3 Å². The number of piperidine rings is 1. The molecule has 2 saturated heterocycles. The average molecular weight is 466 g/mol. The second-order valence-corrected chi connectivity index (χ2v) is 9.87. The minimum Gasteiger partial charge on any atom is -0.378 e. The van der Waals surface area contributed by atoms with Crippen LogP contribution in [0.5, 0.6) is 0 Å². The molecule has 10 heteroatoms. The Morgan fingerprint density at radius 2 is 1.81 bits per heavy atom. The van der Waals surface area contributed by atoms with Gasteiger partial charge in [0.2, 0.25) is 21.8 Å². The molecule has 2 amide bonds. The van der Waals surface area contributed by atoms with Gasteiger partial charge in [0.1, 0.15) is 6.04 Å². The molecule has 0 saturated carbocycles. The number of nitrogens with zero attached hydrogens (tertiary/aromatic N) is 2. The maximum absolute atomic E-state index is 12.9. The second-order valence-electron chi connectivity index (χ2n) is 7.72. The molecule has 2 aliphatic heterocycles. The van der Waals surface area contributed by atoms with Crippen molar-refractivity contribution in [2.75, 3.05) is 39.4 Å². The Balaban J connectivity index is 1.45. The molecule has 166 valence electrons. The third-order valence-corrected chi connectivity index (χ3v) is 7.31. The summed E-state index contributed by atoms with van der Waals surface area (Å²) in [6.45, 7) is 2.37. The van der Waals surface area contributed by atoms with Gasteiger partial charge >= 0.3 is 0 Å². The number of hydrogen-bond acceptors (Lipinski definition) is 5. The summed E-state index contributed by atoms with van der Waals surface area (Å²) in [5.74, 6) is -0.516. The number of rotatable bonds is 5. The van der Waals surface area contributed by atoms with E-state index in [1.165, 1.54) is 11.0 Å². The molecule has 0 unspecified atom stereocenters. The summed E-state index contributed by atoms with van der Waals surface area (Å²) in [6, 6.07) is 9.05. The number of ether oxygens (including phenoxy) is 1. The minimum atomic E-state index is -3.91. The van der Waals surface area contributed by atoms with Crippen LogP contribution in [0.25, 0.3) is 10.8 Å². The third-order valence-electron chi connectivity index (χ3n) is 5.60. The van der Waals surface area contributed by atoms with Crippen LogP contribution in [0.2, 0.25) is 5.02 Å². The fraction of sp³-hybridized carbons (Fsp3) is 0.429. The number of morpholine rings is 1. The first kappa shape index (κ1) is 22.0. The summed E-state index contributed by atoms with van der Waals surface area (Å²) >= 11 is 5.99. The van der Waals surface area contributed by atoms with E-state index in [0.717, 1.165) is 10.8 Å². The Hall–Kier alpha value is -2.20. The molecule has 8 nitrogen and oxygen atoms in total. The molecule has 2 heterocycles. The highest BCUT2D eigenvalue weighted by Crippen LogP contribution is 2.23. The summed E-state index contributed by atoms with van der Waals surface area (Å²) in [7, 11) is -3.91. The lowest BCUT2D eigenvalue weighted by atomic mass is 10.1. The number of fused-ring (bicyclic) bond motifs is 1. The fourth-order valence-electron chi connectivity index (χ4n) is 3.90. The van der Waals surface area contributed by atoms with Gasteiger partial charge in [-0.05, 0) is 47.9 Å². The first-order chi connectivity index (χ1) is 14.8. The Kier molecular flexibility index (Phi) is 6.47. The number of halogens is 1. The van der Waals surface area contributed by atoms with Crippen LogP contribution in [0.1, 0.15) is 12.8 Å². The van der Waals surface area contributed by atoms with Crippen LogP contribution in [0.4, 0.5) is 0 Å². The van der Waals surface area contributed by atoms with Crippen molar-refractivity contribution < 1.29 is 22.7 Å². The smallest absolute Gasteiger partial charge is 0.242 e. The number of sulfonamides is 1. The summed E-state index contributed by atoms with van der Waals surface area (Å²) in [5.41, 5.74) is 0. The highest BCUT2D eigenvalue weighted by Gasteiger charge is 2.34. The molecule has 0 aromatic heterocycles. The number of carbonyl (C=O) groups excluding carboxylic acids is 2. The van der Waals surface area contributed by atoms with Crippen LogP contribution in [-0.2, 0) is 24.3 Å². The van der Waals surface area contributed by atoms with Gasteiger partial charge in [-0.2, -0.15) is 4.72 Å². The summed E-state index contributed by atoms with van der Waals surface area (Å²) in [4.78, 5) is 28.6. The Labute approximate surface area is 186 Å². The molecule has 2 aromatic carbocycles. The first-order valence-electron chi connectivity index (χ1n) is 10.2. The molecule has 0 radical (unpaired) electrons. The fourth-order valence-corrected chi connectivity index (χ4v) is 5.34. The van der Waals surface area contributed by atoms with Crippen molar-refractivity contribution in [1.82, 2.24) is 14.5 Å². The number of nitrogens with one attached hydrogen (secondary N) is 1. The topological polar surface area (TPSA) is 96.0 Å². The normalized spacial score (nSPS) is 20.3. The van der Waals surface area contributed by atoms with Crippen LogP contribution < -0.4 is 4.72 Å². The van der Waals surface area contributed by atoms with Gasteiger partial charge < -0.3 is 14.5 Å². The van der Waals surface area contributed by atoms with Crippen LogP contribution in [0.3, 0.4) is 0 Å². The summed E-state index contributed by atoms with van der Waals surface area (Å²) in [5, 5.41) is 2.13. The molecule has 2 aliphatic rings. The third kappa shape index (κ3) is 5.01. The van der Waals surface area contributed by atoms with Crippen LogP contribution in [-0.4, -0.2) is 75.5 Å². The largest absolute Gasteiger partial charge is 0.378 e. The van der Waals surface area contributed by atoms with E-state index in [1.807, 2.05) is 0 Å². The van der Waals surface area contributed by atoms with E-state index in [9.17, 15) is 18.0 Å². The highest BCUT2D eigenvalue weighted by atomic mass is 35.5. The van der Waals surface area contributed by atoms with E-state index in [0.29, 0.717) is 50.7 Å². The number of amides is 2. The quantitative estimate of drug-likeness (QED) is 0.723. The molecule has 4 rings (SSSR count). The predicted octanol–water partition coefficient (Wildman–Crippen LogP) is 1.62. The van der Waals surface area contributed by atoms with Crippen LogP contribution >= 0.6 is 11.6 Å². The van der Waals surface area contributed by atoms with Gasteiger partial charge in [0, 0.05) is 24.7 Å². The number of benzene rings is 2. The zero-order chi connectivity index (χ0) is 22.0. The van der Waals surface area contributed by atoms with Gasteiger partial charge in [0.05, 0.1) is 24.7 Å². The van der Waals surface area contributed by atoms with E-state index in [-0.39, 0.29) is 23.3 Å². The van der Waals surface area contributed by atoms with E-state index in [1.54, 1.807) is 35.2 Å². The van der Waals surface area contributed by atoms with Crippen LogP contribution in [0, 0.1) is 0 Å². The molecular formula is C21H24ClN3O5S. The maximum Gasteiger partial charge on any atom is 0.242 e. The van der Waals surface area contributed by atoms with E-state index < -0.39 is 16.1 Å². The number of likely N-dealkylation sites (tertiary alicyclic amines) is 1. The summed E-state index contributed by atoms with van der Waals surface area (Å²) in [6.07, 6.45) is 1.01. The minimum absolute atomic E-state index is 0.0478. The SMILES string of the molecule is O=C(CN1CCC[C@H](NS(=O)(=O)c2ccc3cc(Cl)ccc3c2)C1=O)N1CCOCC1. The lowest BCUT2D eigenvalue weighted by molar-refractivity contribution is -0.145. The molecule has 2 aromatic rings. The Morgan fingerprint density at radius 1 is 1.10 bits per heavy atom. The van der Waals surface area contributed by atoms with Crippen molar-refractivity contribution in [2.24, 2.45) is 0 Å². The number of carbonyl (C=O) groups is 2. The summed E-state index contributed by atoms with van der Waals surface area (Å²) < 4.78 is 33.7. The lowest BCUT2D eigenvalue weighted by Gasteiger charge is -2.34. The van der Waals surface area contributed by atoms with Gasteiger partial charge in [-0.1, -0.05) is 23.7 Å². The zero-order valence-electron chi connectivity index (χ0n) is 16.9. The molecule has 1 N–H and O–H groups in total. The standard InChI is InChI=1S/C21H24ClN3O5S/c22-17-5-3-16-13-18(6-4-15(16)12-17)31(28,29)23-19-2-1-7-25(21(19)27)14-20(26)24-8-10-30-11-9-24/h3-6,12-13,19,23H,1-2,7-11,14H2/t19-/m0/s1. The van der Waals surface area contributed by atoms with Crippen molar-refractivity contribution in [3.8, 4) is 0 Å². The second kappa shape index (κ2) is 9.12. The molecule has 0 spiro atoms. The Bertz CT molecular complexity index is 1100.